The van der Waals surface area contributed by atoms with Crippen molar-refractivity contribution >= 4 is 77.8 Å². The summed E-state index contributed by atoms with van der Waals surface area (Å²) >= 11 is 22.0. The van der Waals surface area contributed by atoms with Crippen molar-refractivity contribution in [2.24, 2.45) is 0 Å². The molecule has 2 nitrogen and oxygen atoms in total. The van der Waals surface area contributed by atoms with Gasteiger partial charge in [0.25, 0.3) is 0 Å². The van der Waals surface area contributed by atoms with Crippen LogP contribution in [0.5, 0.6) is 0 Å². The lowest BCUT2D eigenvalue weighted by Crippen LogP contribution is -1.91. The molecule has 0 unspecified atom stereocenters. The highest BCUT2D eigenvalue weighted by molar-refractivity contribution is 7.28. The van der Waals surface area contributed by atoms with E-state index in [4.69, 9.17) is 34.8 Å². The van der Waals surface area contributed by atoms with E-state index < -0.39 is 0 Å². The molecule has 3 aromatic heterocycles. The molecule has 104 valence electrons. The maximum atomic E-state index is 6.28. The summed E-state index contributed by atoms with van der Waals surface area (Å²) in [6.07, 6.45) is 0. The number of rotatable bonds is 1. The molecule has 0 atom stereocenters. The molecule has 0 aliphatic rings. The molecule has 3 heterocycles. The third-order valence-electron chi connectivity index (χ3n) is 3.07. The summed E-state index contributed by atoms with van der Waals surface area (Å²) in [7, 11) is 0. The number of fused-ring (bicyclic) bond motifs is 2. The van der Waals surface area contributed by atoms with E-state index in [0.29, 0.717) is 31.9 Å². The average Bonchev–Trinajstić information content (AvgIpc) is 3.03. The van der Waals surface area contributed by atoms with Gasteiger partial charge in [0.1, 0.15) is 5.15 Å². The fourth-order valence-corrected chi connectivity index (χ4v) is 4.92. The molecule has 0 saturated heterocycles. The van der Waals surface area contributed by atoms with E-state index in [-0.39, 0.29) is 0 Å². The Hall–Kier alpha value is -0.910. The van der Waals surface area contributed by atoms with Crippen molar-refractivity contribution in [3.8, 4) is 10.7 Å². The summed E-state index contributed by atoms with van der Waals surface area (Å²) in [5.74, 6) is 0.574. The molecule has 0 fully saturated rings. The van der Waals surface area contributed by atoms with E-state index >= 15 is 0 Å². The number of hydrogen-bond donors (Lipinski definition) is 0. The highest BCUT2D eigenvalue weighted by Crippen LogP contribution is 2.38. The van der Waals surface area contributed by atoms with E-state index in [2.05, 4.69) is 27.5 Å². The first kappa shape index (κ1) is 13.7. The highest BCUT2D eigenvalue weighted by Gasteiger charge is 2.15. The van der Waals surface area contributed by atoms with Gasteiger partial charge < -0.3 is 0 Å². The van der Waals surface area contributed by atoms with Gasteiger partial charge in [0.15, 0.2) is 5.82 Å². The lowest BCUT2D eigenvalue weighted by atomic mass is 10.2. The Balaban J connectivity index is 2.02. The minimum Gasteiger partial charge on any atom is -0.225 e. The van der Waals surface area contributed by atoms with Crippen molar-refractivity contribution in [3.63, 3.8) is 0 Å². The van der Waals surface area contributed by atoms with Gasteiger partial charge in [0.05, 0.1) is 25.8 Å². The van der Waals surface area contributed by atoms with Gasteiger partial charge in [-0.3, -0.25) is 0 Å². The summed E-state index contributed by atoms with van der Waals surface area (Å²) < 4.78 is 2.43. The van der Waals surface area contributed by atoms with Gasteiger partial charge in [-0.25, -0.2) is 9.97 Å². The van der Waals surface area contributed by atoms with E-state index in [1.54, 1.807) is 34.8 Å². The van der Waals surface area contributed by atoms with E-state index in [1.807, 2.05) is 0 Å². The van der Waals surface area contributed by atoms with Crippen LogP contribution in [0.2, 0.25) is 15.2 Å². The van der Waals surface area contributed by atoms with Crippen LogP contribution in [0.4, 0.5) is 0 Å². The Morgan fingerprint density at radius 3 is 2.52 bits per heavy atom. The van der Waals surface area contributed by atoms with Crippen molar-refractivity contribution < 1.29 is 0 Å². The number of thiophene rings is 2. The molecule has 0 aliphatic heterocycles. The molecule has 0 bridgehead atoms. The largest absolute Gasteiger partial charge is 0.225 e. The van der Waals surface area contributed by atoms with Crippen LogP contribution >= 0.6 is 57.5 Å². The van der Waals surface area contributed by atoms with Crippen LogP contribution in [0, 0.1) is 0 Å². The third-order valence-corrected chi connectivity index (χ3v) is 6.05. The summed E-state index contributed by atoms with van der Waals surface area (Å²) in [4.78, 5) is 9.89. The standard InChI is InChI=1S/C14H5Cl3N2S2/c15-6-1-2-7(16)12-11(6)13(17)19-14(18-12)10-5-9-8(21-10)3-4-20-9/h1-5H. The lowest BCUT2D eigenvalue weighted by Gasteiger charge is -2.06. The first-order chi connectivity index (χ1) is 10.1. The smallest absolute Gasteiger partial charge is 0.171 e. The Bertz CT molecular complexity index is 962. The topological polar surface area (TPSA) is 25.8 Å². The van der Waals surface area contributed by atoms with Crippen LogP contribution in [-0.2, 0) is 0 Å². The summed E-state index contributed by atoms with van der Waals surface area (Å²) in [5.41, 5.74) is 0.580. The zero-order valence-corrected chi connectivity index (χ0v) is 14.1. The van der Waals surface area contributed by atoms with Crippen molar-refractivity contribution in [1.29, 1.82) is 0 Å². The molecule has 0 saturated carbocycles. The molecule has 7 heteroatoms. The van der Waals surface area contributed by atoms with Crippen molar-refractivity contribution in [2.45, 2.75) is 0 Å². The number of nitrogens with zero attached hydrogens (tertiary/aromatic N) is 2. The maximum absolute atomic E-state index is 6.28. The summed E-state index contributed by atoms with van der Waals surface area (Å²) in [6.45, 7) is 0. The first-order valence-electron chi connectivity index (χ1n) is 5.92. The number of benzene rings is 1. The van der Waals surface area contributed by atoms with Crippen LogP contribution < -0.4 is 0 Å². The van der Waals surface area contributed by atoms with Gasteiger partial charge in [-0.1, -0.05) is 34.8 Å². The average molecular weight is 372 g/mol. The second kappa shape index (κ2) is 5.07. The second-order valence-electron chi connectivity index (χ2n) is 4.35. The van der Waals surface area contributed by atoms with E-state index in [1.165, 1.54) is 9.40 Å². The number of hydrogen-bond acceptors (Lipinski definition) is 4. The monoisotopic (exact) mass is 370 g/mol. The SMILES string of the molecule is Clc1ccc(Cl)c2c(Cl)nc(-c3cc4sccc4s3)nc12. The zero-order chi connectivity index (χ0) is 14.6. The third kappa shape index (κ3) is 2.22. The summed E-state index contributed by atoms with van der Waals surface area (Å²) in [5, 5.41) is 3.99. The number of halogens is 3. The molecule has 4 aromatic rings. The van der Waals surface area contributed by atoms with Gasteiger partial charge >= 0.3 is 0 Å². The predicted octanol–water partition coefficient (Wildman–Crippen LogP) is 6.53. The fraction of sp³-hybridized carbons (Fsp3) is 0. The van der Waals surface area contributed by atoms with Crippen molar-refractivity contribution in [2.75, 3.05) is 0 Å². The maximum Gasteiger partial charge on any atom is 0.171 e. The molecule has 0 spiro atoms. The van der Waals surface area contributed by atoms with Gasteiger partial charge in [-0.15, -0.1) is 22.7 Å². The van der Waals surface area contributed by atoms with Crippen LogP contribution in [0.15, 0.2) is 29.6 Å². The van der Waals surface area contributed by atoms with Crippen LogP contribution in [0.25, 0.3) is 31.0 Å². The van der Waals surface area contributed by atoms with Gasteiger partial charge in [0.2, 0.25) is 0 Å². The van der Waals surface area contributed by atoms with E-state index in [0.717, 1.165) is 4.88 Å². The summed E-state index contributed by atoms with van der Waals surface area (Å²) in [6, 6.07) is 7.57. The quantitative estimate of drug-likeness (QED) is 0.355. The molecule has 0 N–H and O–H groups in total. The molecule has 1 aromatic carbocycles. The highest BCUT2D eigenvalue weighted by atomic mass is 35.5. The van der Waals surface area contributed by atoms with Gasteiger partial charge in [-0.05, 0) is 29.6 Å². The van der Waals surface area contributed by atoms with Crippen LogP contribution in [0.1, 0.15) is 0 Å². The van der Waals surface area contributed by atoms with Crippen molar-refractivity contribution in [1.82, 2.24) is 9.97 Å². The normalized spacial score (nSPS) is 11.6. The molecule has 0 radical (unpaired) electrons. The Kier molecular flexibility index (Phi) is 3.32. The van der Waals surface area contributed by atoms with Crippen LogP contribution in [0.3, 0.4) is 0 Å². The minimum absolute atomic E-state index is 0.319. The second-order valence-corrected chi connectivity index (χ2v) is 7.55. The fourth-order valence-electron chi connectivity index (χ4n) is 2.11. The molecule has 0 aliphatic carbocycles. The van der Waals surface area contributed by atoms with E-state index in [9.17, 15) is 0 Å². The van der Waals surface area contributed by atoms with Gasteiger partial charge in [0, 0.05) is 9.40 Å². The van der Waals surface area contributed by atoms with Crippen LogP contribution in [-0.4, -0.2) is 9.97 Å². The lowest BCUT2D eigenvalue weighted by molar-refractivity contribution is 1.24. The van der Waals surface area contributed by atoms with Crippen molar-refractivity contribution in [3.05, 3.63) is 44.8 Å². The minimum atomic E-state index is 0.319. The molecule has 4 rings (SSSR count). The molecular formula is C14H5Cl3N2S2. The Morgan fingerprint density at radius 1 is 0.905 bits per heavy atom. The number of aromatic nitrogens is 2. The first-order valence-corrected chi connectivity index (χ1v) is 8.75. The predicted molar refractivity (Wildman–Crippen MR) is 93.3 cm³/mol. The van der Waals surface area contributed by atoms with Gasteiger partial charge in [-0.2, -0.15) is 0 Å². The molecule has 0 amide bonds. The zero-order valence-electron chi connectivity index (χ0n) is 10.2. The molecule has 21 heavy (non-hydrogen) atoms. The Labute approximate surface area is 142 Å². The molecular weight excluding hydrogens is 367 g/mol. The Morgan fingerprint density at radius 2 is 1.71 bits per heavy atom.